The molecule has 0 aliphatic heterocycles. The van der Waals surface area contributed by atoms with Crippen LogP contribution >= 0.6 is 0 Å². The van der Waals surface area contributed by atoms with E-state index >= 15 is 0 Å². The lowest BCUT2D eigenvalue weighted by Gasteiger charge is -2.35. The molecule has 1 atom stereocenters. The van der Waals surface area contributed by atoms with Gasteiger partial charge in [0.25, 0.3) is 0 Å². The van der Waals surface area contributed by atoms with Crippen LogP contribution in [0.5, 0.6) is 0 Å². The molecule has 1 aliphatic rings. The maximum absolute atomic E-state index is 10.6. The Morgan fingerprint density at radius 3 is 2.31 bits per heavy atom. The van der Waals surface area contributed by atoms with Gasteiger partial charge in [-0.3, -0.25) is 4.79 Å². The molecule has 0 heterocycles. The lowest BCUT2D eigenvalue weighted by Crippen LogP contribution is -2.40. The zero-order valence-electron chi connectivity index (χ0n) is 8.42. The second-order valence-corrected chi connectivity index (χ2v) is 4.87. The first-order valence-corrected chi connectivity index (χ1v) is 4.91. The van der Waals surface area contributed by atoms with Crippen LogP contribution in [0.2, 0.25) is 0 Å². The van der Waals surface area contributed by atoms with Gasteiger partial charge in [-0.25, -0.2) is 0 Å². The zero-order valence-corrected chi connectivity index (χ0v) is 8.42. The lowest BCUT2D eigenvalue weighted by molar-refractivity contribution is -0.140. The van der Waals surface area contributed by atoms with Crippen LogP contribution in [0.15, 0.2) is 0 Å². The first kappa shape index (κ1) is 10.5. The van der Waals surface area contributed by atoms with Crippen LogP contribution in [-0.2, 0) is 4.79 Å². The minimum absolute atomic E-state index is 0.186. The Morgan fingerprint density at radius 2 is 1.92 bits per heavy atom. The Kier molecular flexibility index (Phi) is 2.96. The molecule has 0 radical (unpaired) electrons. The van der Waals surface area contributed by atoms with E-state index in [9.17, 15) is 4.79 Å². The van der Waals surface area contributed by atoms with Crippen molar-refractivity contribution < 1.29 is 9.90 Å². The Morgan fingerprint density at radius 1 is 1.46 bits per heavy atom. The molecule has 0 spiro atoms. The van der Waals surface area contributed by atoms with Crippen molar-refractivity contribution in [1.82, 2.24) is 0 Å². The minimum atomic E-state index is -0.857. The highest BCUT2D eigenvalue weighted by atomic mass is 16.4. The van der Waals surface area contributed by atoms with E-state index in [1.807, 2.05) is 0 Å². The molecule has 1 rings (SSSR count). The molecule has 1 aliphatic carbocycles. The molecule has 1 saturated carbocycles. The smallest absolute Gasteiger partial charge is 0.320 e. The van der Waals surface area contributed by atoms with Gasteiger partial charge in [0.15, 0.2) is 0 Å². The minimum Gasteiger partial charge on any atom is -0.480 e. The Labute approximate surface area is 79.3 Å². The fourth-order valence-corrected chi connectivity index (χ4v) is 1.98. The molecular formula is C10H19NO2. The van der Waals surface area contributed by atoms with Crippen LogP contribution in [0, 0.1) is 11.3 Å². The van der Waals surface area contributed by atoms with Gasteiger partial charge in [-0.2, -0.15) is 0 Å². The summed E-state index contributed by atoms with van der Waals surface area (Å²) in [4.78, 5) is 10.6. The summed E-state index contributed by atoms with van der Waals surface area (Å²) < 4.78 is 0. The fourth-order valence-electron chi connectivity index (χ4n) is 1.98. The van der Waals surface area contributed by atoms with E-state index in [-0.39, 0.29) is 5.92 Å². The number of carbonyl (C=O) groups is 1. The average molecular weight is 185 g/mol. The van der Waals surface area contributed by atoms with Crippen molar-refractivity contribution in [2.45, 2.75) is 45.6 Å². The maximum atomic E-state index is 10.6. The Bertz CT molecular complexity index is 191. The molecule has 0 unspecified atom stereocenters. The largest absolute Gasteiger partial charge is 0.480 e. The monoisotopic (exact) mass is 185 g/mol. The standard InChI is InChI=1S/C10H19NO2/c1-10(2)5-3-7(4-6-10)8(11)9(12)13/h7-8H,3-6,11H2,1-2H3,(H,12,13)/t8-/m1/s1. The highest BCUT2D eigenvalue weighted by Gasteiger charge is 2.32. The van der Waals surface area contributed by atoms with Gasteiger partial charge in [0.05, 0.1) is 0 Å². The number of carboxylic acids is 1. The third kappa shape index (κ3) is 2.69. The molecule has 0 bridgehead atoms. The van der Waals surface area contributed by atoms with Gasteiger partial charge in [0.1, 0.15) is 6.04 Å². The molecule has 0 saturated heterocycles. The van der Waals surface area contributed by atoms with Crippen molar-refractivity contribution in [2.75, 3.05) is 0 Å². The number of aliphatic carboxylic acids is 1. The van der Waals surface area contributed by atoms with Gasteiger partial charge >= 0.3 is 5.97 Å². The summed E-state index contributed by atoms with van der Waals surface area (Å²) in [7, 11) is 0. The predicted octanol–water partition coefficient (Wildman–Crippen LogP) is 1.61. The lowest BCUT2D eigenvalue weighted by atomic mass is 9.71. The van der Waals surface area contributed by atoms with Gasteiger partial charge in [-0.15, -0.1) is 0 Å². The molecule has 0 aromatic heterocycles. The molecule has 0 amide bonds. The fraction of sp³-hybridized carbons (Fsp3) is 0.900. The van der Waals surface area contributed by atoms with Gasteiger partial charge in [-0.05, 0) is 37.0 Å². The molecule has 3 heteroatoms. The summed E-state index contributed by atoms with van der Waals surface area (Å²) in [6.45, 7) is 4.46. The highest BCUT2D eigenvalue weighted by Crippen LogP contribution is 2.38. The van der Waals surface area contributed by atoms with E-state index in [2.05, 4.69) is 13.8 Å². The van der Waals surface area contributed by atoms with Crippen molar-refractivity contribution in [3.63, 3.8) is 0 Å². The van der Waals surface area contributed by atoms with Crippen LogP contribution in [0.3, 0.4) is 0 Å². The van der Waals surface area contributed by atoms with Crippen LogP contribution in [0.25, 0.3) is 0 Å². The third-order valence-corrected chi connectivity index (χ3v) is 3.18. The first-order chi connectivity index (χ1) is 5.92. The molecule has 1 fully saturated rings. The molecule has 0 aromatic carbocycles. The number of nitrogens with two attached hydrogens (primary N) is 1. The topological polar surface area (TPSA) is 63.3 Å². The number of rotatable bonds is 2. The van der Waals surface area contributed by atoms with Crippen LogP contribution in [0.4, 0.5) is 0 Å². The number of hydrogen-bond donors (Lipinski definition) is 2. The second kappa shape index (κ2) is 3.66. The second-order valence-electron chi connectivity index (χ2n) is 4.87. The normalized spacial score (nSPS) is 25.5. The molecule has 13 heavy (non-hydrogen) atoms. The molecular weight excluding hydrogens is 166 g/mol. The molecule has 3 nitrogen and oxygen atoms in total. The molecule has 76 valence electrons. The molecule has 3 N–H and O–H groups in total. The highest BCUT2D eigenvalue weighted by molar-refractivity contribution is 5.73. The van der Waals surface area contributed by atoms with E-state index in [1.165, 1.54) is 0 Å². The summed E-state index contributed by atoms with van der Waals surface area (Å²) >= 11 is 0. The van der Waals surface area contributed by atoms with Crippen molar-refractivity contribution in [1.29, 1.82) is 0 Å². The van der Waals surface area contributed by atoms with Gasteiger partial charge in [-0.1, -0.05) is 13.8 Å². The maximum Gasteiger partial charge on any atom is 0.320 e. The van der Waals surface area contributed by atoms with E-state index < -0.39 is 12.0 Å². The van der Waals surface area contributed by atoms with E-state index in [0.717, 1.165) is 25.7 Å². The van der Waals surface area contributed by atoms with Crippen LogP contribution < -0.4 is 5.73 Å². The summed E-state index contributed by atoms with van der Waals surface area (Å²) in [6, 6.07) is -0.656. The van der Waals surface area contributed by atoms with Gasteiger partial charge < -0.3 is 10.8 Å². The van der Waals surface area contributed by atoms with Gasteiger partial charge in [0, 0.05) is 0 Å². The van der Waals surface area contributed by atoms with E-state index in [4.69, 9.17) is 10.8 Å². The third-order valence-electron chi connectivity index (χ3n) is 3.18. The SMILES string of the molecule is CC1(C)CCC([C@@H](N)C(=O)O)CC1. The summed E-state index contributed by atoms with van der Waals surface area (Å²) in [6.07, 6.45) is 4.11. The quantitative estimate of drug-likeness (QED) is 0.687. The zero-order chi connectivity index (χ0) is 10.1. The number of carboxylic acid groups (broad SMARTS) is 1. The first-order valence-electron chi connectivity index (χ1n) is 4.91. The van der Waals surface area contributed by atoms with Crippen molar-refractivity contribution >= 4 is 5.97 Å². The van der Waals surface area contributed by atoms with Crippen molar-refractivity contribution in [3.8, 4) is 0 Å². The Hall–Kier alpha value is -0.570. The summed E-state index contributed by atoms with van der Waals surface area (Å²) in [5.74, 6) is -0.671. The number of hydrogen-bond acceptors (Lipinski definition) is 2. The average Bonchev–Trinajstić information content (AvgIpc) is 2.03. The van der Waals surface area contributed by atoms with Crippen molar-refractivity contribution in [2.24, 2.45) is 17.1 Å². The predicted molar refractivity (Wildman–Crippen MR) is 51.4 cm³/mol. The summed E-state index contributed by atoms with van der Waals surface area (Å²) in [5.41, 5.74) is 5.96. The van der Waals surface area contributed by atoms with Crippen molar-refractivity contribution in [3.05, 3.63) is 0 Å². The van der Waals surface area contributed by atoms with Gasteiger partial charge in [0.2, 0.25) is 0 Å². The van der Waals surface area contributed by atoms with E-state index in [0.29, 0.717) is 5.41 Å². The van der Waals surface area contributed by atoms with Crippen LogP contribution in [0.1, 0.15) is 39.5 Å². The Balaban J connectivity index is 2.45. The summed E-state index contributed by atoms with van der Waals surface area (Å²) in [5, 5.41) is 8.74. The molecule has 0 aromatic rings. The van der Waals surface area contributed by atoms with Crippen LogP contribution in [-0.4, -0.2) is 17.1 Å². The van der Waals surface area contributed by atoms with E-state index in [1.54, 1.807) is 0 Å².